The van der Waals surface area contributed by atoms with Gasteiger partial charge in [-0.3, -0.25) is 4.79 Å². The summed E-state index contributed by atoms with van der Waals surface area (Å²) in [5.41, 5.74) is 5.20. The van der Waals surface area contributed by atoms with E-state index in [1.54, 1.807) is 24.7 Å². The number of aryl methyl sites for hydroxylation is 1. The molecule has 1 amide bonds. The lowest BCUT2D eigenvalue weighted by Gasteiger charge is -2.33. The Morgan fingerprint density at radius 2 is 1.84 bits per heavy atom. The van der Waals surface area contributed by atoms with Gasteiger partial charge in [0.1, 0.15) is 0 Å². The number of fused-ring (bicyclic) bond motifs is 1. The van der Waals surface area contributed by atoms with Crippen molar-refractivity contribution in [1.82, 2.24) is 19.8 Å². The van der Waals surface area contributed by atoms with Crippen LogP contribution in [0.15, 0.2) is 84.8 Å². The molecule has 1 aliphatic heterocycles. The molecule has 7 heteroatoms. The molecule has 38 heavy (non-hydrogen) atoms. The molecule has 4 aromatic rings. The molecule has 0 saturated carbocycles. The van der Waals surface area contributed by atoms with Crippen molar-refractivity contribution in [3.8, 4) is 12.1 Å². The first-order valence-electron chi connectivity index (χ1n) is 12.6. The van der Waals surface area contributed by atoms with E-state index in [1.807, 2.05) is 52.9 Å². The van der Waals surface area contributed by atoms with E-state index < -0.39 is 6.04 Å². The summed E-state index contributed by atoms with van der Waals surface area (Å²) in [6.45, 7) is 1.37. The molecule has 0 aliphatic carbocycles. The first-order valence-corrected chi connectivity index (χ1v) is 12.6. The van der Waals surface area contributed by atoms with Crippen LogP contribution in [-0.4, -0.2) is 39.5 Å². The number of hydrogen-bond acceptors (Lipinski definition) is 5. The van der Waals surface area contributed by atoms with Crippen molar-refractivity contribution in [2.45, 2.75) is 25.4 Å². The fourth-order valence-corrected chi connectivity index (χ4v) is 5.01. The van der Waals surface area contributed by atoms with Crippen LogP contribution in [0.25, 0.3) is 16.3 Å². The molecular formula is C31H28N6O. The van der Waals surface area contributed by atoms with E-state index in [4.69, 9.17) is 5.26 Å². The quantitative estimate of drug-likeness (QED) is 0.407. The topological polar surface area (TPSA) is 97.7 Å². The zero-order chi connectivity index (χ0) is 26.5. The lowest BCUT2D eigenvalue weighted by molar-refractivity contribution is -0.133. The maximum atomic E-state index is 14.0. The first kappa shape index (κ1) is 25.0. The molecule has 1 atom stereocenters. The highest BCUT2D eigenvalue weighted by atomic mass is 16.2. The van der Waals surface area contributed by atoms with Crippen LogP contribution in [0.5, 0.6) is 0 Å². The summed E-state index contributed by atoms with van der Waals surface area (Å²) in [5, 5.41) is 24.6. The third-order valence-electron chi connectivity index (χ3n) is 7.17. The Bertz CT molecular complexity index is 1580. The van der Waals surface area contributed by atoms with Crippen molar-refractivity contribution in [2.24, 2.45) is 7.05 Å². The smallest absolute Gasteiger partial charge is 0.240 e. The Kier molecular flexibility index (Phi) is 7.31. The van der Waals surface area contributed by atoms with Crippen LogP contribution in [0.2, 0.25) is 0 Å². The lowest BCUT2D eigenvalue weighted by atomic mass is 9.90. The van der Waals surface area contributed by atoms with E-state index in [0.29, 0.717) is 38.0 Å². The molecule has 5 rings (SSSR count). The highest BCUT2D eigenvalue weighted by molar-refractivity contribution is 5.96. The minimum absolute atomic E-state index is 0.00503. The molecule has 0 unspecified atom stereocenters. The van der Waals surface area contributed by atoms with Crippen molar-refractivity contribution in [2.75, 3.05) is 13.1 Å². The van der Waals surface area contributed by atoms with Gasteiger partial charge in [-0.15, -0.1) is 0 Å². The van der Waals surface area contributed by atoms with Crippen molar-refractivity contribution in [3.63, 3.8) is 0 Å². The number of aromatic nitrogens is 2. The van der Waals surface area contributed by atoms with Crippen LogP contribution in [0.4, 0.5) is 0 Å². The number of benzene rings is 3. The number of hydrogen-bond donors (Lipinski definition) is 1. The highest BCUT2D eigenvalue weighted by Gasteiger charge is 2.30. The monoisotopic (exact) mass is 500 g/mol. The van der Waals surface area contributed by atoms with Crippen LogP contribution in [0.3, 0.4) is 0 Å². The van der Waals surface area contributed by atoms with E-state index in [-0.39, 0.29) is 5.91 Å². The Morgan fingerprint density at radius 3 is 2.58 bits per heavy atom. The van der Waals surface area contributed by atoms with Crippen LogP contribution in [0, 0.1) is 22.7 Å². The number of nitrogens with zero attached hydrogens (tertiary/aromatic N) is 5. The van der Waals surface area contributed by atoms with Gasteiger partial charge >= 0.3 is 0 Å². The fourth-order valence-electron chi connectivity index (χ4n) is 5.01. The fraction of sp³-hybridized carbons (Fsp3) is 0.226. The first-order chi connectivity index (χ1) is 18.6. The molecule has 3 aromatic carbocycles. The maximum absolute atomic E-state index is 14.0. The zero-order valence-corrected chi connectivity index (χ0v) is 21.3. The van der Waals surface area contributed by atoms with Crippen molar-refractivity contribution in [3.05, 3.63) is 107 Å². The van der Waals surface area contributed by atoms with Crippen molar-refractivity contribution >= 4 is 22.3 Å². The zero-order valence-electron chi connectivity index (χ0n) is 21.3. The normalized spacial score (nSPS) is 14.2. The summed E-state index contributed by atoms with van der Waals surface area (Å²) < 4.78 is 1.93. The molecule has 0 saturated heterocycles. The van der Waals surface area contributed by atoms with Crippen molar-refractivity contribution in [1.29, 1.82) is 10.5 Å². The van der Waals surface area contributed by atoms with Crippen molar-refractivity contribution < 1.29 is 4.79 Å². The van der Waals surface area contributed by atoms with Gasteiger partial charge in [-0.25, -0.2) is 4.98 Å². The number of nitrogens with one attached hydrogen (secondary N) is 1. The van der Waals surface area contributed by atoms with Gasteiger partial charge in [-0.05, 0) is 39.6 Å². The number of carbonyl (C=O) groups is 1. The largest absolute Gasteiger partial charge is 0.338 e. The molecule has 1 aromatic heterocycles. The van der Waals surface area contributed by atoms with Gasteiger partial charge in [0.25, 0.3) is 0 Å². The van der Waals surface area contributed by atoms with E-state index in [2.05, 4.69) is 40.6 Å². The molecule has 188 valence electrons. The molecule has 0 bridgehead atoms. The number of amides is 1. The predicted molar refractivity (Wildman–Crippen MR) is 146 cm³/mol. The van der Waals surface area contributed by atoms with E-state index >= 15 is 0 Å². The molecule has 1 aliphatic rings. The second-order valence-corrected chi connectivity index (χ2v) is 9.55. The van der Waals surface area contributed by atoms with Gasteiger partial charge in [0.2, 0.25) is 5.91 Å². The third-order valence-corrected chi connectivity index (χ3v) is 7.17. The van der Waals surface area contributed by atoms with E-state index in [0.717, 1.165) is 38.7 Å². The summed E-state index contributed by atoms with van der Waals surface area (Å²) in [7, 11) is 1.92. The number of carbonyl (C=O) groups excluding carboxylic acids is 1. The van der Waals surface area contributed by atoms with Gasteiger partial charge in [0.15, 0.2) is 0 Å². The minimum Gasteiger partial charge on any atom is -0.338 e. The van der Waals surface area contributed by atoms with Crippen LogP contribution < -0.4 is 5.32 Å². The highest BCUT2D eigenvalue weighted by Crippen LogP contribution is 2.32. The maximum Gasteiger partial charge on any atom is 0.240 e. The summed E-state index contributed by atoms with van der Waals surface area (Å²) in [5.74, 6) is -0.00503. The van der Waals surface area contributed by atoms with Gasteiger partial charge in [-0.1, -0.05) is 54.6 Å². The molecule has 7 nitrogen and oxygen atoms in total. The molecular weight excluding hydrogens is 472 g/mol. The van der Waals surface area contributed by atoms with Gasteiger partial charge in [-0.2, -0.15) is 10.5 Å². The number of imidazole rings is 1. The van der Waals surface area contributed by atoms with Crippen LogP contribution in [-0.2, 0) is 24.8 Å². The molecule has 0 spiro atoms. The summed E-state index contributed by atoms with van der Waals surface area (Å²) in [6, 6.07) is 25.7. The second kappa shape index (κ2) is 11.1. The van der Waals surface area contributed by atoms with Gasteiger partial charge in [0.05, 0.1) is 30.1 Å². The van der Waals surface area contributed by atoms with E-state index in [1.165, 1.54) is 0 Å². The second-order valence-electron chi connectivity index (χ2n) is 9.55. The predicted octanol–water partition coefficient (Wildman–Crippen LogP) is 4.36. The Balaban J connectivity index is 1.41. The summed E-state index contributed by atoms with van der Waals surface area (Å²) in [6.07, 6.45) is 4.53. The van der Waals surface area contributed by atoms with E-state index in [9.17, 15) is 10.1 Å². The SMILES string of the molecule is Cn1cncc1C[C@H](NCc1ccc(C#N)cc1)C(=O)N1CCC(C#N)=C(c2cccc3ccccc23)C1. The third kappa shape index (κ3) is 5.20. The molecule has 2 heterocycles. The Labute approximate surface area is 222 Å². The Morgan fingerprint density at radius 1 is 1.05 bits per heavy atom. The van der Waals surface area contributed by atoms with Crippen LogP contribution >= 0.6 is 0 Å². The van der Waals surface area contributed by atoms with Crippen LogP contribution in [0.1, 0.15) is 28.8 Å². The number of nitriles is 2. The minimum atomic E-state index is -0.474. The molecule has 0 fully saturated rings. The van der Waals surface area contributed by atoms with Gasteiger partial charge < -0.3 is 14.8 Å². The lowest BCUT2D eigenvalue weighted by Crippen LogP contribution is -2.49. The summed E-state index contributed by atoms with van der Waals surface area (Å²) in [4.78, 5) is 20.1. The number of rotatable bonds is 7. The Hall–Kier alpha value is -4.72. The van der Waals surface area contributed by atoms with Gasteiger partial charge in [0, 0.05) is 57.0 Å². The molecule has 0 radical (unpaired) electrons. The molecule has 1 N–H and O–H groups in total. The average Bonchev–Trinajstić information content (AvgIpc) is 3.38. The summed E-state index contributed by atoms with van der Waals surface area (Å²) >= 11 is 0. The average molecular weight is 501 g/mol. The standard InChI is InChI=1S/C31H28N6O/c1-36-21-34-19-26(36)15-30(35-18-23-11-9-22(16-32)10-12-23)31(38)37-14-13-25(17-33)29(20-37)28-8-4-6-24-5-2-3-7-27(24)28/h2-12,19,21,30,35H,13-15,18,20H2,1H3/t30-/m0/s1.